The van der Waals surface area contributed by atoms with Crippen molar-refractivity contribution < 1.29 is 9.18 Å². The number of aldehydes is 1. The van der Waals surface area contributed by atoms with E-state index in [9.17, 15) is 9.18 Å². The van der Waals surface area contributed by atoms with Crippen LogP contribution in [0.5, 0.6) is 0 Å². The molecule has 0 aliphatic rings. The third-order valence-corrected chi connectivity index (χ3v) is 2.77. The van der Waals surface area contributed by atoms with Crippen molar-refractivity contribution in [2.75, 3.05) is 0 Å². The molecule has 17 heavy (non-hydrogen) atoms. The first-order chi connectivity index (χ1) is 8.24. The molecule has 0 unspecified atom stereocenters. The van der Waals surface area contributed by atoms with Crippen LogP contribution in [0.15, 0.2) is 42.5 Å². The predicted molar refractivity (Wildman–Crippen MR) is 66.6 cm³/mol. The molecule has 0 amide bonds. The van der Waals surface area contributed by atoms with E-state index in [1.165, 1.54) is 6.07 Å². The highest BCUT2D eigenvalue weighted by molar-refractivity contribution is 5.79. The Kier molecular flexibility index (Phi) is 3.33. The Morgan fingerprint density at radius 1 is 1.18 bits per heavy atom. The molecule has 0 bridgehead atoms. The fourth-order valence-corrected chi connectivity index (χ4v) is 1.79. The molecule has 0 heterocycles. The highest BCUT2D eigenvalue weighted by atomic mass is 19.1. The zero-order chi connectivity index (χ0) is 12.3. The minimum atomic E-state index is -0.259. The number of hydrogen-bond donors (Lipinski definition) is 0. The average Bonchev–Trinajstić information content (AvgIpc) is 2.39. The largest absolute Gasteiger partial charge is 0.298 e. The molecule has 0 atom stereocenters. The van der Waals surface area contributed by atoms with E-state index in [2.05, 4.69) is 0 Å². The Labute approximate surface area is 99.9 Å². The van der Waals surface area contributed by atoms with Crippen LogP contribution < -0.4 is 0 Å². The molecule has 0 radical (unpaired) electrons. The van der Waals surface area contributed by atoms with Gasteiger partial charge in [-0.15, -0.1) is 0 Å². The summed E-state index contributed by atoms with van der Waals surface area (Å²) >= 11 is 0. The molecular formula is C15H13FO. The first kappa shape index (κ1) is 11.5. The summed E-state index contributed by atoms with van der Waals surface area (Å²) in [6, 6.07) is 12.1. The van der Waals surface area contributed by atoms with Crippen molar-refractivity contribution in [3.8, 4) is 11.1 Å². The topological polar surface area (TPSA) is 17.1 Å². The lowest BCUT2D eigenvalue weighted by atomic mass is 10.00. The maximum atomic E-state index is 13.7. The summed E-state index contributed by atoms with van der Waals surface area (Å²) in [7, 11) is 0. The maximum Gasteiger partial charge on any atom is 0.150 e. The van der Waals surface area contributed by atoms with Crippen molar-refractivity contribution in [1.82, 2.24) is 0 Å². The summed E-state index contributed by atoms with van der Waals surface area (Å²) in [4.78, 5) is 10.7. The molecule has 2 heteroatoms. The van der Waals surface area contributed by atoms with Crippen LogP contribution in [-0.2, 0) is 6.42 Å². The highest BCUT2D eigenvalue weighted by Crippen LogP contribution is 2.24. The third kappa shape index (κ3) is 2.41. The van der Waals surface area contributed by atoms with E-state index in [1.54, 1.807) is 24.3 Å². The Morgan fingerprint density at radius 2 is 2.00 bits per heavy atom. The first-order valence-electron chi connectivity index (χ1n) is 5.58. The molecule has 2 rings (SSSR count). The lowest BCUT2D eigenvalue weighted by Crippen LogP contribution is -1.89. The Hall–Kier alpha value is -1.96. The van der Waals surface area contributed by atoms with Gasteiger partial charge in [0.05, 0.1) is 0 Å². The van der Waals surface area contributed by atoms with Crippen LogP contribution in [-0.4, -0.2) is 6.29 Å². The van der Waals surface area contributed by atoms with Crippen LogP contribution in [0.4, 0.5) is 4.39 Å². The number of rotatable bonds is 3. The molecule has 0 fully saturated rings. The van der Waals surface area contributed by atoms with E-state index in [4.69, 9.17) is 0 Å². The normalized spacial score (nSPS) is 10.2. The summed E-state index contributed by atoms with van der Waals surface area (Å²) in [5, 5.41) is 0. The molecule has 86 valence electrons. The standard InChI is InChI=1S/C15H13FO/c1-2-11-6-7-15(16)14(9-11)13-5-3-4-12(8-13)10-17/h3-10H,2H2,1H3. The Balaban J connectivity index is 2.54. The SMILES string of the molecule is CCc1ccc(F)c(-c2cccc(C=O)c2)c1. The molecule has 0 aromatic heterocycles. The molecule has 2 aromatic carbocycles. The van der Waals surface area contributed by atoms with Crippen molar-refractivity contribution in [1.29, 1.82) is 0 Å². The van der Waals surface area contributed by atoms with Gasteiger partial charge in [0.25, 0.3) is 0 Å². The number of benzene rings is 2. The zero-order valence-corrected chi connectivity index (χ0v) is 9.61. The van der Waals surface area contributed by atoms with Gasteiger partial charge in [0.2, 0.25) is 0 Å². The lowest BCUT2D eigenvalue weighted by Gasteiger charge is -2.06. The smallest absolute Gasteiger partial charge is 0.150 e. The van der Waals surface area contributed by atoms with Gasteiger partial charge in [0, 0.05) is 11.1 Å². The van der Waals surface area contributed by atoms with Crippen molar-refractivity contribution in [2.24, 2.45) is 0 Å². The number of carbonyl (C=O) groups excluding carboxylic acids is 1. The number of hydrogen-bond acceptors (Lipinski definition) is 1. The Bertz CT molecular complexity index is 546. The summed E-state index contributed by atoms with van der Waals surface area (Å²) in [5.41, 5.74) is 2.93. The van der Waals surface area contributed by atoms with E-state index in [0.717, 1.165) is 23.8 Å². The maximum absolute atomic E-state index is 13.7. The van der Waals surface area contributed by atoms with Crippen LogP contribution >= 0.6 is 0 Å². The zero-order valence-electron chi connectivity index (χ0n) is 9.61. The predicted octanol–water partition coefficient (Wildman–Crippen LogP) is 3.87. The van der Waals surface area contributed by atoms with E-state index in [0.29, 0.717) is 11.1 Å². The fraction of sp³-hybridized carbons (Fsp3) is 0.133. The van der Waals surface area contributed by atoms with Crippen LogP contribution in [0.3, 0.4) is 0 Å². The minimum absolute atomic E-state index is 0.259. The molecule has 0 saturated carbocycles. The molecule has 0 spiro atoms. The molecule has 0 saturated heterocycles. The van der Waals surface area contributed by atoms with Gasteiger partial charge >= 0.3 is 0 Å². The molecule has 0 aliphatic carbocycles. The van der Waals surface area contributed by atoms with E-state index < -0.39 is 0 Å². The number of carbonyl (C=O) groups is 1. The molecular weight excluding hydrogens is 215 g/mol. The van der Waals surface area contributed by atoms with Gasteiger partial charge in [0.1, 0.15) is 12.1 Å². The quantitative estimate of drug-likeness (QED) is 0.729. The Morgan fingerprint density at radius 3 is 2.71 bits per heavy atom. The molecule has 0 aliphatic heterocycles. The second-order valence-electron chi connectivity index (χ2n) is 3.91. The van der Waals surface area contributed by atoms with Gasteiger partial charge in [-0.2, -0.15) is 0 Å². The molecule has 1 nitrogen and oxygen atoms in total. The van der Waals surface area contributed by atoms with Crippen LogP contribution in [0, 0.1) is 5.82 Å². The van der Waals surface area contributed by atoms with E-state index in [1.807, 2.05) is 19.1 Å². The summed E-state index contributed by atoms with van der Waals surface area (Å²) in [6.07, 6.45) is 1.63. The van der Waals surface area contributed by atoms with E-state index in [-0.39, 0.29) is 5.82 Å². The monoisotopic (exact) mass is 228 g/mol. The molecule has 2 aromatic rings. The summed E-state index contributed by atoms with van der Waals surface area (Å²) in [5.74, 6) is -0.259. The van der Waals surface area contributed by atoms with Crippen LogP contribution in [0.25, 0.3) is 11.1 Å². The van der Waals surface area contributed by atoms with Gasteiger partial charge in [0.15, 0.2) is 0 Å². The van der Waals surface area contributed by atoms with Gasteiger partial charge in [-0.05, 0) is 35.7 Å². The average molecular weight is 228 g/mol. The van der Waals surface area contributed by atoms with Crippen molar-refractivity contribution in [3.63, 3.8) is 0 Å². The number of aryl methyl sites for hydroxylation is 1. The lowest BCUT2D eigenvalue weighted by molar-refractivity contribution is 0.112. The van der Waals surface area contributed by atoms with Crippen LogP contribution in [0.2, 0.25) is 0 Å². The van der Waals surface area contributed by atoms with Gasteiger partial charge in [-0.3, -0.25) is 4.79 Å². The highest BCUT2D eigenvalue weighted by Gasteiger charge is 2.06. The van der Waals surface area contributed by atoms with Gasteiger partial charge in [-0.1, -0.05) is 31.2 Å². The van der Waals surface area contributed by atoms with Crippen molar-refractivity contribution in [3.05, 3.63) is 59.4 Å². The molecule has 0 N–H and O–H groups in total. The fourth-order valence-electron chi connectivity index (χ4n) is 1.79. The second-order valence-corrected chi connectivity index (χ2v) is 3.91. The van der Waals surface area contributed by atoms with Crippen LogP contribution in [0.1, 0.15) is 22.8 Å². The third-order valence-electron chi connectivity index (χ3n) is 2.77. The van der Waals surface area contributed by atoms with Crippen molar-refractivity contribution >= 4 is 6.29 Å². The number of halogens is 1. The van der Waals surface area contributed by atoms with Gasteiger partial charge < -0.3 is 0 Å². The van der Waals surface area contributed by atoms with E-state index >= 15 is 0 Å². The second kappa shape index (κ2) is 4.91. The minimum Gasteiger partial charge on any atom is -0.298 e. The first-order valence-corrected chi connectivity index (χ1v) is 5.58. The van der Waals surface area contributed by atoms with Gasteiger partial charge in [-0.25, -0.2) is 4.39 Å². The summed E-state index contributed by atoms with van der Waals surface area (Å²) < 4.78 is 13.7. The van der Waals surface area contributed by atoms with Crippen molar-refractivity contribution in [2.45, 2.75) is 13.3 Å². The summed E-state index contributed by atoms with van der Waals surface area (Å²) in [6.45, 7) is 2.03.